The van der Waals surface area contributed by atoms with E-state index in [0.717, 1.165) is 21.4 Å². The molecule has 2 aromatic heterocycles. The molecule has 0 amide bonds. The molecular weight excluding hydrogens is 348 g/mol. The molecule has 0 N–H and O–H groups in total. The normalized spacial score (nSPS) is 10.9. The highest BCUT2D eigenvalue weighted by Crippen LogP contribution is 2.12. The topological polar surface area (TPSA) is 69.4 Å². The van der Waals surface area contributed by atoms with Gasteiger partial charge in [-0.25, -0.2) is 14.3 Å². The van der Waals surface area contributed by atoms with Crippen LogP contribution in [0.25, 0.3) is 5.78 Å². The van der Waals surface area contributed by atoms with Gasteiger partial charge in [0.05, 0.1) is 0 Å². The fourth-order valence-electron chi connectivity index (χ4n) is 2.05. The smallest absolute Gasteiger partial charge is 0.378 e. The van der Waals surface area contributed by atoms with Crippen LogP contribution in [0.15, 0.2) is 34.8 Å². The summed E-state index contributed by atoms with van der Waals surface area (Å²) in [7, 11) is 0. The third-order valence-electron chi connectivity index (χ3n) is 3.08. The van der Waals surface area contributed by atoms with E-state index in [9.17, 15) is 4.79 Å². The number of fused-ring (bicyclic) bond motifs is 1. The van der Waals surface area contributed by atoms with Gasteiger partial charge in [0.1, 0.15) is 6.61 Å². The highest BCUT2D eigenvalue weighted by molar-refractivity contribution is 9.10. The van der Waals surface area contributed by atoms with Crippen molar-refractivity contribution in [2.24, 2.45) is 0 Å². The third kappa shape index (κ3) is 2.99. The SMILES string of the molecule is Cc1cc(C)n2nc(C(=O)OCc3ccc(Br)cc3)nc2n1. The average Bonchev–Trinajstić information content (AvgIpc) is 2.90. The molecule has 0 saturated heterocycles. The van der Waals surface area contributed by atoms with Gasteiger partial charge in [0.2, 0.25) is 0 Å². The van der Waals surface area contributed by atoms with Gasteiger partial charge in [-0.2, -0.15) is 4.98 Å². The van der Waals surface area contributed by atoms with Gasteiger partial charge in [-0.15, -0.1) is 5.10 Å². The van der Waals surface area contributed by atoms with Gasteiger partial charge in [-0.3, -0.25) is 0 Å². The third-order valence-corrected chi connectivity index (χ3v) is 3.61. The van der Waals surface area contributed by atoms with Gasteiger partial charge >= 0.3 is 5.97 Å². The number of esters is 1. The Bertz CT molecular complexity index is 843. The molecule has 6 nitrogen and oxygen atoms in total. The maximum Gasteiger partial charge on any atom is 0.378 e. The highest BCUT2D eigenvalue weighted by atomic mass is 79.9. The number of rotatable bonds is 3. The minimum atomic E-state index is -0.564. The molecule has 1 aromatic carbocycles. The molecule has 0 atom stereocenters. The number of halogens is 1. The molecule has 0 saturated carbocycles. The second kappa shape index (κ2) is 5.84. The predicted octanol–water partition coefficient (Wildman–Crippen LogP) is 2.86. The van der Waals surface area contributed by atoms with Gasteiger partial charge in [0.15, 0.2) is 0 Å². The standard InChI is InChI=1S/C15H13BrN4O2/c1-9-7-10(2)20-15(17-9)18-13(19-20)14(21)22-8-11-3-5-12(16)6-4-11/h3-7H,8H2,1-2H3. The summed E-state index contributed by atoms with van der Waals surface area (Å²) in [5.74, 6) is -0.156. The molecule has 0 fully saturated rings. The first-order chi connectivity index (χ1) is 10.5. The van der Waals surface area contributed by atoms with E-state index in [1.54, 1.807) is 0 Å². The molecule has 112 valence electrons. The summed E-state index contributed by atoms with van der Waals surface area (Å²) in [6, 6.07) is 9.41. The first-order valence-electron chi connectivity index (χ1n) is 6.65. The van der Waals surface area contributed by atoms with Crippen LogP contribution in [-0.4, -0.2) is 25.6 Å². The van der Waals surface area contributed by atoms with Crippen molar-refractivity contribution >= 4 is 27.7 Å². The summed E-state index contributed by atoms with van der Waals surface area (Å²) in [5.41, 5.74) is 2.58. The lowest BCUT2D eigenvalue weighted by Gasteiger charge is -2.02. The first-order valence-corrected chi connectivity index (χ1v) is 7.45. The van der Waals surface area contributed by atoms with Crippen molar-refractivity contribution in [3.8, 4) is 0 Å². The van der Waals surface area contributed by atoms with Crippen LogP contribution in [0.3, 0.4) is 0 Å². The molecule has 22 heavy (non-hydrogen) atoms. The van der Waals surface area contributed by atoms with Gasteiger partial charge in [-0.05, 0) is 37.6 Å². The summed E-state index contributed by atoms with van der Waals surface area (Å²) in [4.78, 5) is 20.4. The van der Waals surface area contributed by atoms with Crippen LogP contribution in [-0.2, 0) is 11.3 Å². The Morgan fingerprint density at radius 1 is 1.23 bits per heavy atom. The van der Waals surface area contributed by atoms with Crippen LogP contribution in [0.4, 0.5) is 0 Å². The van der Waals surface area contributed by atoms with E-state index >= 15 is 0 Å². The van der Waals surface area contributed by atoms with Crippen molar-refractivity contribution < 1.29 is 9.53 Å². The van der Waals surface area contributed by atoms with Crippen LogP contribution >= 0.6 is 15.9 Å². The highest BCUT2D eigenvalue weighted by Gasteiger charge is 2.16. The zero-order valence-corrected chi connectivity index (χ0v) is 13.7. The molecule has 3 rings (SSSR count). The molecule has 0 aliphatic heterocycles. The van der Waals surface area contributed by atoms with E-state index in [4.69, 9.17) is 4.74 Å². The molecule has 0 spiro atoms. The zero-order valence-electron chi connectivity index (χ0n) is 12.1. The summed E-state index contributed by atoms with van der Waals surface area (Å²) < 4.78 is 7.74. The molecule has 0 radical (unpaired) electrons. The van der Waals surface area contributed by atoms with Crippen LogP contribution < -0.4 is 0 Å². The van der Waals surface area contributed by atoms with E-state index in [1.165, 1.54) is 4.52 Å². The molecule has 7 heteroatoms. The molecule has 3 aromatic rings. The number of hydrogen-bond acceptors (Lipinski definition) is 5. The number of ether oxygens (including phenoxy) is 1. The maximum atomic E-state index is 12.1. The summed E-state index contributed by atoms with van der Waals surface area (Å²) >= 11 is 3.36. The van der Waals surface area contributed by atoms with E-state index < -0.39 is 5.97 Å². The van der Waals surface area contributed by atoms with Gasteiger partial charge in [0.25, 0.3) is 11.6 Å². The van der Waals surface area contributed by atoms with Gasteiger partial charge in [0, 0.05) is 15.9 Å². The fourth-order valence-corrected chi connectivity index (χ4v) is 2.31. The zero-order chi connectivity index (χ0) is 15.7. The van der Waals surface area contributed by atoms with Crippen LogP contribution in [0.1, 0.15) is 27.6 Å². The maximum absolute atomic E-state index is 12.1. The van der Waals surface area contributed by atoms with Crippen molar-refractivity contribution in [2.45, 2.75) is 20.5 Å². The number of hydrogen-bond donors (Lipinski definition) is 0. The van der Waals surface area contributed by atoms with E-state index in [2.05, 4.69) is 31.0 Å². The Balaban J connectivity index is 1.77. The Kier molecular flexibility index (Phi) is 3.89. The van der Waals surface area contributed by atoms with Crippen LogP contribution in [0.5, 0.6) is 0 Å². The number of benzene rings is 1. The van der Waals surface area contributed by atoms with Gasteiger partial charge in [-0.1, -0.05) is 28.1 Å². The van der Waals surface area contributed by atoms with Gasteiger partial charge < -0.3 is 4.74 Å². The number of aromatic nitrogens is 4. The monoisotopic (exact) mass is 360 g/mol. The van der Waals surface area contributed by atoms with Crippen molar-refractivity contribution in [2.75, 3.05) is 0 Å². The number of aryl methyl sites for hydroxylation is 2. The Labute approximate surface area is 135 Å². The fraction of sp³-hybridized carbons (Fsp3) is 0.200. The van der Waals surface area contributed by atoms with Crippen molar-refractivity contribution in [1.29, 1.82) is 0 Å². The molecule has 2 heterocycles. The largest absolute Gasteiger partial charge is 0.455 e. The lowest BCUT2D eigenvalue weighted by atomic mass is 10.2. The molecule has 0 bridgehead atoms. The lowest BCUT2D eigenvalue weighted by Crippen LogP contribution is -2.07. The van der Waals surface area contributed by atoms with Crippen molar-refractivity contribution in [1.82, 2.24) is 19.6 Å². The molecule has 0 aliphatic rings. The van der Waals surface area contributed by atoms with Crippen LogP contribution in [0.2, 0.25) is 0 Å². The number of carbonyl (C=O) groups is 1. The quantitative estimate of drug-likeness (QED) is 0.671. The van der Waals surface area contributed by atoms with E-state index in [1.807, 2.05) is 44.2 Å². The van der Waals surface area contributed by atoms with E-state index in [-0.39, 0.29) is 12.4 Å². The first kappa shape index (κ1) is 14.6. The minimum absolute atomic E-state index is 0.0123. The number of nitrogens with zero attached hydrogens (tertiary/aromatic N) is 4. The number of carbonyl (C=O) groups excluding carboxylic acids is 1. The Hall–Kier alpha value is -2.28. The molecular formula is C15H13BrN4O2. The average molecular weight is 361 g/mol. The summed E-state index contributed by atoms with van der Waals surface area (Å²) in [6.07, 6.45) is 0. The lowest BCUT2D eigenvalue weighted by molar-refractivity contribution is 0.0458. The Morgan fingerprint density at radius 2 is 1.95 bits per heavy atom. The summed E-state index contributed by atoms with van der Waals surface area (Å²) in [6.45, 7) is 3.92. The van der Waals surface area contributed by atoms with Crippen LogP contribution in [0, 0.1) is 13.8 Å². The minimum Gasteiger partial charge on any atom is -0.455 e. The predicted molar refractivity (Wildman–Crippen MR) is 83.5 cm³/mol. The molecule has 0 unspecified atom stereocenters. The van der Waals surface area contributed by atoms with Crippen molar-refractivity contribution in [3.63, 3.8) is 0 Å². The molecule has 0 aliphatic carbocycles. The summed E-state index contributed by atoms with van der Waals surface area (Å²) in [5, 5.41) is 4.14. The van der Waals surface area contributed by atoms with Crippen molar-refractivity contribution in [3.05, 3.63) is 57.6 Å². The second-order valence-electron chi connectivity index (χ2n) is 4.89. The second-order valence-corrected chi connectivity index (χ2v) is 5.80. The van der Waals surface area contributed by atoms with E-state index in [0.29, 0.717) is 5.78 Å². The Morgan fingerprint density at radius 3 is 2.68 bits per heavy atom.